The lowest BCUT2D eigenvalue weighted by Gasteiger charge is -2.13. The van der Waals surface area contributed by atoms with Gasteiger partial charge in [0.2, 0.25) is 5.78 Å². The average molecular weight is 365 g/mol. The van der Waals surface area contributed by atoms with Gasteiger partial charge in [0.15, 0.2) is 6.10 Å². The number of rotatable bonds is 7. The molecule has 0 fully saturated rings. The standard InChI is InChI=1S/C22H23NO4/c1-14-7-6-8-17(13-14)26-12-11-20(24)27-16(3)22(25)21-15(2)23-19-10-5-4-9-18(19)21/h4-10,13,16,23H,11-12H2,1-3H3/t16-/m0/s1. The van der Waals surface area contributed by atoms with E-state index in [0.717, 1.165) is 22.2 Å². The molecule has 1 heterocycles. The van der Waals surface area contributed by atoms with Crippen LogP contribution >= 0.6 is 0 Å². The van der Waals surface area contributed by atoms with E-state index in [1.54, 1.807) is 6.92 Å². The molecule has 1 N–H and O–H groups in total. The van der Waals surface area contributed by atoms with Crippen molar-refractivity contribution in [2.75, 3.05) is 6.61 Å². The van der Waals surface area contributed by atoms with Crippen LogP contribution < -0.4 is 4.74 Å². The molecule has 5 heteroatoms. The highest BCUT2D eigenvalue weighted by Crippen LogP contribution is 2.24. The minimum absolute atomic E-state index is 0.0818. The van der Waals surface area contributed by atoms with E-state index in [1.165, 1.54) is 0 Å². The number of hydrogen-bond acceptors (Lipinski definition) is 4. The predicted octanol–water partition coefficient (Wildman–Crippen LogP) is 4.37. The first kappa shape index (κ1) is 18.7. The molecule has 0 saturated carbocycles. The van der Waals surface area contributed by atoms with Gasteiger partial charge in [-0.15, -0.1) is 0 Å². The molecular weight excluding hydrogens is 342 g/mol. The van der Waals surface area contributed by atoms with Gasteiger partial charge < -0.3 is 14.5 Å². The van der Waals surface area contributed by atoms with Gasteiger partial charge in [0.1, 0.15) is 5.75 Å². The Balaban J connectivity index is 1.57. The first-order chi connectivity index (χ1) is 13.0. The van der Waals surface area contributed by atoms with Crippen LogP contribution in [0.15, 0.2) is 48.5 Å². The molecule has 0 aliphatic rings. The zero-order valence-corrected chi connectivity index (χ0v) is 15.7. The molecule has 0 radical (unpaired) electrons. The minimum atomic E-state index is -0.852. The zero-order chi connectivity index (χ0) is 19.4. The molecule has 27 heavy (non-hydrogen) atoms. The van der Waals surface area contributed by atoms with Gasteiger partial charge in [0.05, 0.1) is 13.0 Å². The molecule has 1 aromatic heterocycles. The van der Waals surface area contributed by atoms with Crippen LogP contribution in [0.5, 0.6) is 5.75 Å². The summed E-state index contributed by atoms with van der Waals surface area (Å²) in [6.45, 7) is 5.62. The van der Waals surface area contributed by atoms with Crippen LogP contribution in [0.4, 0.5) is 0 Å². The van der Waals surface area contributed by atoms with Crippen molar-refractivity contribution in [2.45, 2.75) is 33.3 Å². The van der Waals surface area contributed by atoms with Crippen molar-refractivity contribution in [1.29, 1.82) is 0 Å². The highest BCUT2D eigenvalue weighted by atomic mass is 16.5. The number of H-pyrrole nitrogens is 1. The Kier molecular flexibility index (Phi) is 5.60. The monoisotopic (exact) mass is 365 g/mol. The molecule has 0 saturated heterocycles. The minimum Gasteiger partial charge on any atom is -0.493 e. The number of aryl methyl sites for hydroxylation is 2. The fourth-order valence-electron chi connectivity index (χ4n) is 3.06. The summed E-state index contributed by atoms with van der Waals surface area (Å²) in [5.74, 6) is 0.0419. The number of Topliss-reactive ketones (excluding diaryl/α,β-unsaturated/α-hetero) is 1. The number of benzene rings is 2. The summed E-state index contributed by atoms with van der Waals surface area (Å²) in [5.41, 5.74) is 3.32. The number of fused-ring (bicyclic) bond motifs is 1. The molecule has 140 valence electrons. The summed E-state index contributed by atoms with van der Waals surface area (Å²) < 4.78 is 10.9. The number of esters is 1. The molecular formula is C22H23NO4. The van der Waals surface area contributed by atoms with Crippen LogP contribution in [-0.4, -0.2) is 29.4 Å². The molecule has 1 atom stereocenters. The lowest BCUT2D eigenvalue weighted by molar-refractivity contribution is -0.146. The number of ketones is 1. The molecule has 0 bridgehead atoms. The number of aromatic nitrogens is 1. The highest BCUT2D eigenvalue weighted by Gasteiger charge is 2.24. The van der Waals surface area contributed by atoms with E-state index in [4.69, 9.17) is 9.47 Å². The van der Waals surface area contributed by atoms with Crippen molar-refractivity contribution in [2.24, 2.45) is 0 Å². The van der Waals surface area contributed by atoms with Gasteiger partial charge in [0, 0.05) is 22.2 Å². The summed E-state index contributed by atoms with van der Waals surface area (Å²) in [6.07, 6.45) is -0.771. The van der Waals surface area contributed by atoms with Crippen molar-refractivity contribution in [3.63, 3.8) is 0 Å². The van der Waals surface area contributed by atoms with Crippen LogP contribution in [0, 0.1) is 13.8 Å². The normalized spacial score (nSPS) is 12.0. The van der Waals surface area contributed by atoms with Crippen LogP contribution in [0.3, 0.4) is 0 Å². The van der Waals surface area contributed by atoms with Crippen LogP contribution in [0.25, 0.3) is 10.9 Å². The quantitative estimate of drug-likeness (QED) is 0.499. The second-order valence-electron chi connectivity index (χ2n) is 6.58. The van der Waals surface area contributed by atoms with Gasteiger partial charge in [-0.3, -0.25) is 9.59 Å². The summed E-state index contributed by atoms with van der Waals surface area (Å²) in [4.78, 5) is 28.0. The van der Waals surface area contributed by atoms with E-state index >= 15 is 0 Å². The van der Waals surface area contributed by atoms with Gasteiger partial charge in [-0.1, -0.05) is 30.3 Å². The highest BCUT2D eigenvalue weighted by molar-refractivity contribution is 6.11. The molecule has 0 amide bonds. The molecule has 5 nitrogen and oxygen atoms in total. The SMILES string of the molecule is Cc1cccc(OCCC(=O)O[C@@H](C)C(=O)c2c(C)[nH]c3ccccc23)c1. The largest absolute Gasteiger partial charge is 0.493 e. The lowest BCUT2D eigenvalue weighted by Crippen LogP contribution is -2.25. The first-order valence-corrected chi connectivity index (χ1v) is 8.96. The number of carbonyl (C=O) groups is 2. The number of aromatic amines is 1. The predicted molar refractivity (Wildman–Crippen MR) is 104 cm³/mol. The Morgan fingerprint density at radius 3 is 2.63 bits per heavy atom. The van der Waals surface area contributed by atoms with Crippen molar-refractivity contribution >= 4 is 22.7 Å². The number of carbonyl (C=O) groups excluding carboxylic acids is 2. The van der Waals surface area contributed by atoms with Crippen LogP contribution in [-0.2, 0) is 9.53 Å². The first-order valence-electron chi connectivity index (χ1n) is 8.96. The van der Waals surface area contributed by atoms with Crippen molar-refractivity contribution < 1.29 is 19.1 Å². The maximum absolute atomic E-state index is 12.8. The second kappa shape index (κ2) is 8.08. The van der Waals surface area contributed by atoms with Gasteiger partial charge in [-0.05, 0) is 44.5 Å². The van der Waals surface area contributed by atoms with Gasteiger partial charge in [-0.25, -0.2) is 0 Å². The van der Waals surface area contributed by atoms with E-state index < -0.39 is 12.1 Å². The second-order valence-corrected chi connectivity index (χ2v) is 6.58. The molecule has 2 aromatic carbocycles. The Morgan fingerprint density at radius 2 is 1.85 bits per heavy atom. The van der Waals surface area contributed by atoms with Crippen molar-refractivity contribution in [3.8, 4) is 5.75 Å². The lowest BCUT2D eigenvalue weighted by atomic mass is 10.0. The molecule has 0 spiro atoms. The summed E-state index contributed by atoms with van der Waals surface area (Å²) in [5, 5.41) is 0.839. The maximum Gasteiger partial charge on any atom is 0.309 e. The van der Waals surface area contributed by atoms with E-state index in [-0.39, 0.29) is 18.8 Å². The number of nitrogens with one attached hydrogen (secondary N) is 1. The van der Waals surface area contributed by atoms with Gasteiger partial charge >= 0.3 is 5.97 Å². The third-order valence-electron chi connectivity index (χ3n) is 4.38. The van der Waals surface area contributed by atoms with E-state index in [2.05, 4.69) is 4.98 Å². The molecule has 3 rings (SSSR count). The Hall–Kier alpha value is -3.08. The van der Waals surface area contributed by atoms with E-state index in [9.17, 15) is 9.59 Å². The molecule has 3 aromatic rings. The van der Waals surface area contributed by atoms with Gasteiger partial charge in [0.25, 0.3) is 0 Å². The number of ether oxygens (including phenoxy) is 2. The summed E-state index contributed by atoms with van der Waals surface area (Å²) in [7, 11) is 0. The maximum atomic E-state index is 12.8. The third kappa shape index (κ3) is 4.37. The van der Waals surface area contributed by atoms with E-state index in [0.29, 0.717) is 11.3 Å². The third-order valence-corrected chi connectivity index (χ3v) is 4.38. The van der Waals surface area contributed by atoms with E-state index in [1.807, 2.05) is 62.4 Å². The van der Waals surface area contributed by atoms with Gasteiger partial charge in [-0.2, -0.15) is 0 Å². The van der Waals surface area contributed by atoms with Crippen molar-refractivity contribution in [3.05, 3.63) is 65.4 Å². The molecule has 0 aliphatic heterocycles. The van der Waals surface area contributed by atoms with Crippen LogP contribution in [0.1, 0.15) is 35.0 Å². The average Bonchev–Trinajstić information content (AvgIpc) is 2.96. The fourth-order valence-corrected chi connectivity index (χ4v) is 3.06. The Bertz CT molecular complexity index is 973. The Labute approximate surface area is 158 Å². The molecule has 0 unspecified atom stereocenters. The summed E-state index contributed by atoms with van der Waals surface area (Å²) >= 11 is 0. The smallest absolute Gasteiger partial charge is 0.309 e. The fraction of sp³-hybridized carbons (Fsp3) is 0.273. The summed E-state index contributed by atoms with van der Waals surface area (Å²) in [6, 6.07) is 15.2. The number of hydrogen-bond donors (Lipinski definition) is 1. The zero-order valence-electron chi connectivity index (χ0n) is 15.7. The molecule has 0 aliphatic carbocycles. The van der Waals surface area contributed by atoms with Crippen LogP contribution in [0.2, 0.25) is 0 Å². The van der Waals surface area contributed by atoms with Crippen molar-refractivity contribution in [1.82, 2.24) is 4.98 Å². The topological polar surface area (TPSA) is 68.4 Å². The number of para-hydroxylation sites is 1. The Morgan fingerprint density at radius 1 is 1.07 bits per heavy atom.